The van der Waals surface area contributed by atoms with Gasteiger partial charge in [0.05, 0.1) is 0 Å². The molecule has 0 unspecified atom stereocenters. The van der Waals surface area contributed by atoms with Crippen molar-refractivity contribution in [2.75, 3.05) is 46.4 Å². The minimum absolute atomic E-state index is 0. The summed E-state index contributed by atoms with van der Waals surface area (Å²) in [4.78, 5) is 14.8. The molecular weight excluding hydrogens is 325 g/mol. The number of nitrogens with zero attached hydrogens (tertiary/aromatic N) is 1. The number of hydrogen-bond donors (Lipinski definition) is 2. The Labute approximate surface area is 146 Å². The van der Waals surface area contributed by atoms with Crippen LogP contribution in [-0.2, 0) is 9.53 Å². The maximum Gasteiger partial charge on any atom is 0.252 e. The predicted octanol–water partition coefficient (Wildman–Crippen LogP) is 1.45. The van der Waals surface area contributed by atoms with E-state index in [1.807, 2.05) is 0 Å². The SMILES string of the molecule is COC1(C(=O)NCCN2CCC(C)CC2)CCNCC1.Cl.Cl. The molecule has 5 nitrogen and oxygen atoms in total. The molecule has 132 valence electrons. The van der Waals surface area contributed by atoms with E-state index >= 15 is 0 Å². The van der Waals surface area contributed by atoms with E-state index in [0.29, 0.717) is 0 Å². The van der Waals surface area contributed by atoms with Gasteiger partial charge < -0.3 is 20.3 Å². The number of carbonyl (C=O) groups is 1. The zero-order chi connectivity index (χ0) is 14.4. The number of rotatable bonds is 5. The Morgan fingerprint density at radius 3 is 2.41 bits per heavy atom. The van der Waals surface area contributed by atoms with Crippen LogP contribution in [-0.4, -0.2) is 62.8 Å². The normalized spacial score (nSPS) is 22.3. The molecule has 0 aromatic rings. The Morgan fingerprint density at radius 1 is 1.27 bits per heavy atom. The number of ether oxygens (including phenoxy) is 1. The number of hydrogen-bond acceptors (Lipinski definition) is 4. The van der Waals surface area contributed by atoms with Crippen LogP contribution < -0.4 is 10.6 Å². The molecule has 2 rings (SSSR count). The fraction of sp³-hybridized carbons (Fsp3) is 0.933. The largest absolute Gasteiger partial charge is 0.368 e. The molecule has 0 aliphatic carbocycles. The molecule has 0 saturated carbocycles. The van der Waals surface area contributed by atoms with Gasteiger partial charge in [-0.25, -0.2) is 0 Å². The summed E-state index contributed by atoms with van der Waals surface area (Å²) in [6, 6.07) is 0. The Morgan fingerprint density at radius 2 is 1.86 bits per heavy atom. The van der Waals surface area contributed by atoms with E-state index < -0.39 is 5.60 Å². The molecule has 0 aromatic heterocycles. The molecule has 2 aliphatic rings. The monoisotopic (exact) mass is 355 g/mol. The van der Waals surface area contributed by atoms with Crippen LogP contribution in [0, 0.1) is 5.92 Å². The van der Waals surface area contributed by atoms with Crippen LogP contribution in [0.4, 0.5) is 0 Å². The Hall–Kier alpha value is -0.0700. The minimum atomic E-state index is -0.609. The number of likely N-dealkylation sites (tertiary alicyclic amines) is 1. The Bertz CT molecular complexity index is 318. The van der Waals surface area contributed by atoms with Crippen LogP contribution in [0.15, 0.2) is 0 Å². The molecule has 2 aliphatic heterocycles. The first-order valence-electron chi connectivity index (χ1n) is 7.93. The summed E-state index contributed by atoms with van der Waals surface area (Å²) in [7, 11) is 1.65. The number of methoxy groups -OCH3 is 1. The Balaban J connectivity index is 0.00000220. The first kappa shape index (κ1) is 21.9. The third-order valence-electron chi connectivity index (χ3n) is 4.81. The lowest BCUT2D eigenvalue weighted by Gasteiger charge is -2.35. The summed E-state index contributed by atoms with van der Waals surface area (Å²) in [5.41, 5.74) is -0.609. The first-order chi connectivity index (χ1) is 9.66. The summed E-state index contributed by atoms with van der Waals surface area (Å²) < 4.78 is 5.53. The van der Waals surface area contributed by atoms with Crippen molar-refractivity contribution in [3.63, 3.8) is 0 Å². The van der Waals surface area contributed by atoms with Crippen molar-refractivity contribution in [1.29, 1.82) is 0 Å². The fourth-order valence-electron chi connectivity index (χ4n) is 3.13. The van der Waals surface area contributed by atoms with E-state index in [0.717, 1.165) is 58.0 Å². The lowest BCUT2D eigenvalue weighted by molar-refractivity contribution is -0.146. The van der Waals surface area contributed by atoms with E-state index in [9.17, 15) is 4.79 Å². The van der Waals surface area contributed by atoms with E-state index in [1.54, 1.807) is 7.11 Å². The van der Waals surface area contributed by atoms with Crippen LogP contribution in [0.3, 0.4) is 0 Å². The molecule has 2 N–H and O–H groups in total. The van der Waals surface area contributed by atoms with Crippen molar-refractivity contribution in [1.82, 2.24) is 15.5 Å². The molecule has 2 heterocycles. The minimum Gasteiger partial charge on any atom is -0.368 e. The van der Waals surface area contributed by atoms with Gasteiger partial charge in [-0.2, -0.15) is 0 Å². The maximum absolute atomic E-state index is 12.4. The van der Waals surface area contributed by atoms with Crippen LogP contribution in [0.5, 0.6) is 0 Å². The summed E-state index contributed by atoms with van der Waals surface area (Å²) in [6.45, 7) is 8.03. The van der Waals surface area contributed by atoms with Gasteiger partial charge in [0.15, 0.2) is 0 Å². The predicted molar refractivity (Wildman–Crippen MR) is 94.2 cm³/mol. The molecular formula is C15H31Cl2N3O2. The van der Waals surface area contributed by atoms with Crippen LogP contribution in [0.2, 0.25) is 0 Å². The molecule has 0 spiro atoms. The van der Waals surface area contributed by atoms with Gasteiger partial charge in [0, 0.05) is 20.2 Å². The van der Waals surface area contributed by atoms with Gasteiger partial charge in [0.25, 0.3) is 5.91 Å². The average Bonchev–Trinajstić information content (AvgIpc) is 2.50. The van der Waals surface area contributed by atoms with E-state index in [1.165, 1.54) is 12.8 Å². The quantitative estimate of drug-likeness (QED) is 0.783. The second kappa shape index (κ2) is 10.7. The standard InChI is InChI=1S/C15H29N3O2.2ClH/c1-13-3-10-18(11-4-13)12-9-17-14(19)15(20-2)5-7-16-8-6-15;;/h13,16H,3-12H2,1-2H3,(H,17,19);2*1H. The van der Waals surface area contributed by atoms with Gasteiger partial charge in [0.1, 0.15) is 5.60 Å². The van der Waals surface area contributed by atoms with Crippen molar-refractivity contribution < 1.29 is 9.53 Å². The zero-order valence-corrected chi connectivity index (χ0v) is 15.4. The van der Waals surface area contributed by atoms with Crippen molar-refractivity contribution in [2.24, 2.45) is 5.92 Å². The third-order valence-corrected chi connectivity index (χ3v) is 4.81. The van der Waals surface area contributed by atoms with Crippen LogP contribution in [0.25, 0.3) is 0 Å². The first-order valence-corrected chi connectivity index (χ1v) is 7.93. The lowest BCUT2D eigenvalue weighted by atomic mass is 9.91. The second-order valence-electron chi connectivity index (χ2n) is 6.23. The van der Waals surface area contributed by atoms with Gasteiger partial charge in [0.2, 0.25) is 0 Å². The van der Waals surface area contributed by atoms with E-state index in [4.69, 9.17) is 4.74 Å². The summed E-state index contributed by atoms with van der Waals surface area (Å²) in [5.74, 6) is 0.916. The fourth-order valence-corrected chi connectivity index (χ4v) is 3.13. The molecule has 1 amide bonds. The van der Waals surface area contributed by atoms with Crippen molar-refractivity contribution in [3.05, 3.63) is 0 Å². The van der Waals surface area contributed by atoms with Crippen LogP contribution in [0.1, 0.15) is 32.6 Å². The number of piperidine rings is 2. The molecule has 7 heteroatoms. The van der Waals surface area contributed by atoms with Gasteiger partial charge in [-0.05, 0) is 57.8 Å². The smallest absolute Gasteiger partial charge is 0.252 e. The van der Waals surface area contributed by atoms with Crippen molar-refractivity contribution >= 4 is 30.7 Å². The Kier molecular flexibility index (Phi) is 10.6. The van der Waals surface area contributed by atoms with Crippen LogP contribution >= 0.6 is 24.8 Å². The molecule has 22 heavy (non-hydrogen) atoms. The molecule has 0 bridgehead atoms. The summed E-state index contributed by atoms with van der Waals surface area (Å²) in [6.07, 6.45) is 4.08. The van der Waals surface area contributed by atoms with Gasteiger partial charge in [-0.3, -0.25) is 4.79 Å². The van der Waals surface area contributed by atoms with Gasteiger partial charge >= 0.3 is 0 Å². The molecule has 2 fully saturated rings. The zero-order valence-electron chi connectivity index (χ0n) is 13.7. The van der Waals surface area contributed by atoms with E-state index in [2.05, 4.69) is 22.5 Å². The number of halogens is 2. The highest BCUT2D eigenvalue weighted by Crippen LogP contribution is 2.22. The summed E-state index contributed by atoms with van der Waals surface area (Å²) in [5, 5.41) is 6.34. The topological polar surface area (TPSA) is 53.6 Å². The number of nitrogens with one attached hydrogen (secondary N) is 2. The van der Waals surface area contributed by atoms with Crippen molar-refractivity contribution in [2.45, 2.75) is 38.2 Å². The van der Waals surface area contributed by atoms with Gasteiger partial charge in [-0.15, -0.1) is 24.8 Å². The number of carbonyl (C=O) groups excluding carboxylic acids is 1. The highest BCUT2D eigenvalue weighted by atomic mass is 35.5. The molecule has 0 aromatic carbocycles. The van der Waals surface area contributed by atoms with Crippen molar-refractivity contribution in [3.8, 4) is 0 Å². The number of amides is 1. The second-order valence-corrected chi connectivity index (χ2v) is 6.23. The maximum atomic E-state index is 12.4. The lowest BCUT2D eigenvalue weighted by Crippen LogP contribution is -2.55. The third kappa shape index (κ3) is 5.85. The molecule has 0 atom stereocenters. The summed E-state index contributed by atoms with van der Waals surface area (Å²) >= 11 is 0. The van der Waals surface area contributed by atoms with Gasteiger partial charge in [-0.1, -0.05) is 6.92 Å². The highest BCUT2D eigenvalue weighted by Gasteiger charge is 2.39. The highest BCUT2D eigenvalue weighted by molar-refractivity contribution is 5.86. The molecule has 0 radical (unpaired) electrons. The van der Waals surface area contributed by atoms with E-state index in [-0.39, 0.29) is 30.7 Å². The average molecular weight is 356 g/mol. The molecule has 2 saturated heterocycles.